The monoisotopic (exact) mass is 429 g/mol. The van der Waals surface area contributed by atoms with Gasteiger partial charge >= 0.3 is 0 Å². The van der Waals surface area contributed by atoms with Gasteiger partial charge in [0.1, 0.15) is 5.82 Å². The Hall–Kier alpha value is -2.36. The highest BCUT2D eigenvalue weighted by Crippen LogP contribution is 2.25. The van der Waals surface area contributed by atoms with E-state index in [0.29, 0.717) is 24.4 Å². The van der Waals surface area contributed by atoms with Crippen LogP contribution in [0.1, 0.15) is 25.2 Å². The number of nitrogens with one attached hydrogen (secondary N) is 2. The summed E-state index contributed by atoms with van der Waals surface area (Å²) in [4.78, 5) is 16.0. The average molecular weight is 430 g/mol. The summed E-state index contributed by atoms with van der Waals surface area (Å²) in [7, 11) is -3.49. The van der Waals surface area contributed by atoms with Crippen LogP contribution in [0.5, 0.6) is 0 Å². The van der Waals surface area contributed by atoms with E-state index in [4.69, 9.17) is 0 Å². The Morgan fingerprint density at radius 2 is 1.66 bits per heavy atom. The molecule has 9 heteroatoms. The largest absolute Gasteiger partial charge is 0.341 e. The number of rotatable bonds is 7. The summed E-state index contributed by atoms with van der Waals surface area (Å²) in [6.45, 7) is 6.61. The maximum atomic E-state index is 12.7. The number of hydrogen-bond donors (Lipinski definition) is 2. The molecule has 0 saturated heterocycles. The van der Waals surface area contributed by atoms with Crippen LogP contribution in [-0.4, -0.2) is 45.7 Å². The Bertz CT molecular complexity index is 1270. The van der Waals surface area contributed by atoms with Crippen molar-refractivity contribution < 1.29 is 8.42 Å². The second-order valence-electron chi connectivity index (χ2n) is 6.80. The molecule has 0 unspecified atom stereocenters. The van der Waals surface area contributed by atoms with Gasteiger partial charge in [-0.15, -0.1) is 0 Å². The van der Waals surface area contributed by atoms with Gasteiger partial charge in [0.15, 0.2) is 5.16 Å². The van der Waals surface area contributed by atoms with Crippen molar-refractivity contribution in [1.29, 1.82) is 0 Å². The van der Waals surface area contributed by atoms with Gasteiger partial charge in [0.2, 0.25) is 10.0 Å². The predicted molar refractivity (Wildman–Crippen MR) is 117 cm³/mol. The number of hydrogen-bond acceptors (Lipinski definition) is 5. The maximum absolute atomic E-state index is 12.7. The lowest BCUT2D eigenvalue weighted by Crippen LogP contribution is -2.30. The SMILES string of the molecule is CCN(CC)S(=O)(=O)c1ccc2nc(CSc3nc4ccc(C)cc4[nH]3)[nH]c2c1. The first-order valence-corrected chi connectivity index (χ1v) is 11.9. The molecule has 0 saturated carbocycles. The number of sulfonamides is 1. The van der Waals surface area contributed by atoms with E-state index in [1.165, 1.54) is 9.87 Å². The van der Waals surface area contributed by atoms with Gasteiger partial charge in [-0.1, -0.05) is 31.7 Å². The molecule has 0 aliphatic carbocycles. The summed E-state index contributed by atoms with van der Waals surface area (Å²) in [5.74, 6) is 1.38. The number of thioether (sulfide) groups is 1. The fourth-order valence-corrected chi connectivity index (χ4v) is 5.53. The molecule has 7 nitrogen and oxygen atoms in total. The third-order valence-electron chi connectivity index (χ3n) is 4.81. The van der Waals surface area contributed by atoms with E-state index in [1.807, 2.05) is 26.0 Å². The second kappa shape index (κ2) is 7.81. The molecule has 0 aliphatic heterocycles. The molecule has 29 heavy (non-hydrogen) atoms. The number of imidazole rings is 2. The molecule has 2 N–H and O–H groups in total. The minimum atomic E-state index is -3.49. The van der Waals surface area contributed by atoms with E-state index in [1.54, 1.807) is 30.0 Å². The van der Waals surface area contributed by atoms with Crippen molar-refractivity contribution in [3.8, 4) is 0 Å². The van der Waals surface area contributed by atoms with Gasteiger partial charge in [-0.2, -0.15) is 4.31 Å². The van der Waals surface area contributed by atoms with E-state index < -0.39 is 10.0 Å². The molecular weight excluding hydrogens is 406 g/mol. The van der Waals surface area contributed by atoms with Gasteiger partial charge in [0, 0.05) is 13.1 Å². The summed E-state index contributed by atoms with van der Waals surface area (Å²) in [6.07, 6.45) is 0. The maximum Gasteiger partial charge on any atom is 0.243 e. The number of aromatic nitrogens is 4. The number of benzene rings is 2. The first-order chi connectivity index (χ1) is 13.9. The third-order valence-corrected chi connectivity index (χ3v) is 7.74. The normalized spacial score (nSPS) is 12.4. The standard InChI is InChI=1S/C20H23N5O2S2/c1-4-25(5-2)29(26,27)14-7-9-15-18(11-14)22-19(21-15)12-28-20-23-16-8-6-13(3)10-17(16)24-20/h6-11H,4-5,12H2,1-3H3,(H,21,22)(H,23,24). The second-order valence-corrected chi connectivity index (χ2v) is 9.70. The Balaban J connectivity index is 1.55. The van der Waals surface area contributed by atoms with E-state index in [-0.39, 0.29) is 4.90 Å². The molecular formula is C20H23N5O2S2. The summed E-state index contributed by atoms with van der Waals surface area (Å²) in [5, 5.41) is 0.829. The first-order valence-electron chi connectivity index (χ1n) is 9.48. The van der Waals surface area contributed by atoms with Crippen LogP contribution in [0.2, 0.25) is 0 Å². The molecule has 0 amide bonds. The molecule has 0 spiro atoms. The van der Waals surface area contributed by atoms with Crippen molar-refractivity contribution in [2.24, 2.45) is 0 Å². The molecule has 2 aromatic carbocycles. The minimum Gasteiger partial charge on any atom is -0.341 e. The molecule has 0 fully saturated rings. The minimum absolute atomic E-state index is 0.282. The van der Waals surface area contributed by atoms with Crippen LogP contribution in [0.3, 0.4) is 0 Å². The van der Waals surface area contributed by atoms with Crippen LogP contribution in [0, 0.1) is 6.92 Å². The number of aryl methyl sites for hydroxylation is 1. The quantitative estimate of drug-likeness (QED) is 0.432. The summed E-state index contributed by atoms with van der Waals surface area (Å²) in [6, 6.07) is 11.2. The topological polar surface area (TPSA) is 94.7 Å². The number of H-pyrrole nitrogens is 2. The summed E-state index contributed by atoms with van der Waals surface area (Å²) in [5.41, 5.74) is 4.61. The summed E-state index contributed by atoms with van der Waals surface area (Å²) < 4.78 is 26.9. The van der Waals surface area contributed by atoms with Crippen LogP contribution < -0.4 is 0 Å². The lowest BCUT2D eigenvalue weighted by atomic mass is 10.2. The fraction of sp³-hybridized carbons (Fsp3) is 0.300. The van der Waals surface area contributed by atoms with Crippen molar-refractivity contribution in [3.05, 3.63) is 47.8 Å². The molecule has 4 rings (SSSR count). The van der Waals surface area contributed by atoms with Crippen molar-refractivity contribution in [1.82, 2.24) is 24.2 Å². The zero-order valence-corrected chi connectivity index (χ0v) is 18.2. The van der Waals surface area contributed by atoms with Crippen LogP contribution in [0.15, 0.2) is 46.5 Å². The fourth-order valence-electron chi connectivity index (χ4n) is 3.29. The first kappa shape index (κ1) is 19.9. The smallest absolute Gasteiger partial charge is 0.243 e. The Labute approximate surface area is 174 Å². The molecule has 152 valence electrons. The molecule has 0 aliphatic rings. The van der Waals surface area contributed by atoms with E-state index in [2.05, 4.69) is 32.9 Å². The Kier molecular flexibility index (Phi) is 5.37. The van der Waals surface area contributed by atoms with Gasteiger partial charge in [-0.3, -0.25) is 0 Å². The van der Waals surface area contributed by atoms with E-state index >= 15 is 0 Å². The van der Waals surface area contributed by atoms with Crippen LogP contribution in [0.4, 0.5) is 0 Å². The number of nitrogens with zero attached hydrogens (tertiary/aromatic N) is 3. The van der Waals surface area contributed by atoms with Crippen molar-refractivity contribution in [2.45, 2.75) is 36.6 Å². The van der Waals surface area contributed by atoms with Crippen molar-refractivity contribution in [2.75, 3.05) is 13.1 Å². The highest BCUT2D eigenvalue weighted by atomic mass is 32.2. The molecule has 2 aromatic heterocycles. The lowest BCUT2D eigenvalue weighted by molar-refractivity contribution is 0.445. The van der Waals surface area contributed by atoms with Crippen molar-refractivity contribution >= 4 is 43.9 Å². The molecule has 2 heterocycles. The van der Waals surface area contributed by atoms with Gasteiger partial charge in [0.05, 0.1) is 32.7 Å². The number of aromatic amines is 2. The van der Waals surface area contributed by atoms with E-state index in [0.717, 1.165) is 27.5 Å². The van der Waals surface area contributed by atoms with Gasteiger partial charge in [0.25, 0.3) is 0 Å². The van der Waals surface area contributed by atoms with Gasteiger partial charge < -0.3 is 9.97 Å². The predicted octanol–water partition coefficient (Wildman–Crippen LogP) is 4.07. The van der Waals surface area contributed by atoms with E-state index in [9.17, 15) is 8.42 Å². The van der Waals surface area contributed by atoms with Crippen LogP contribution in [0.25, 0.3) is 22.1 Å². The third kappa shape index (κ3) is 3.90. The Morgan fingerprint density at radius 3 is 2.41 bits per heavy atom. The van der Waals surface area contributed by atoms with Crippen LogP contribution >= 0.6 is 11.8 Å². The summed E-state index contributed by atoms with van der Waals surface area (Å²) >= 11 is 1.56. The highest BCUT2D eigenvalue weighted by Gasteiger charge is 2.22. The highest BCUT2D eigenvalue weighted by molar-refractivity contribution is 7.98. The number of fused-ring (bicyclic) bond motifs is 2. The zero-order chi connectivity index (χ0) is 20.6. The molecule has 0 atom stereocenters. The van der Waals surface area contributed by atoms with Crippen LogP contribution in [-0.2, 0) is 15.8 Å². The molecule has 0 bridgehead atoms. The lowest BCUT2D eigenvalue weighted by Gasteiger charge is -2.18. The Morgan fingerprint density at radius 1 is 0.966 bits per heavy atom. The van der Waals surface area contributed by atoms with Crippen molar-refractivity contribution in [3.63, 3.8) is 0 Å². The van der Waals surface area contributed by atoms with Gasteiger partial charge in [-0.05, 0) is 42.8 Å². The zero-order valence-electron chi connectivity index (χ0n) is 16.6. The average Bonchev–Trinajstić information content (AvgIpc) is 3.29. The van der Waals surface area contributed by atoms with Gasteiger partial charge in [-0.25, -0.2) is 18.4 Å². The molecule has 4 aromatic rings. The molecule has 0 radical (unpaired) electrons.